The van der Waals surface area contributed by atoms with Gasteiger partial charge in [-0.3, -0.25) is 4.79 Å². The minimum absolute atomic E-state index is 0.0199. The van der Waals surface area contributed by atoms with Crippen molar-refractivity contribution >= 4 is 17.0 Å². The maximum atomic E-state index is 12.5. The van der Waals surface area contributed by atoms with Gasteiger partial charge in [-0.1, -0.05) is 5.16 Å². The number of esters is 1. The van der Waals surface area contributed by atoms with Crippen LogP contribution in [0.2, 0.25) is 0 Å². The molecule has 0 fully saturated rings. The van der Waals surface area contributed by atoms with Crippen LogP contribution < -0.4 is 5.43 Å². The normalized spacial score (nSPS) is 10.9. The van der Waals surface area contributed by atoms with E-state index in [0.29, 0.717) is 23.3 Å². The Labute approximate surface area is 131 Å². The van der Waals surface area contributed by atoms with E-state index in [1.807, 2.05) is 6.92 Å². The number of fused-ring (bicyclic) bond motifs is 1. The number of ether oxygens (including phenoxy) is 1. The second-order valence-electron chi connectivity index (χ2n) is 5.03. The first-order chi connectivity index (χ1) is 11.1. The van der Waals surface area contributed by atoms with Gasteiger partial charge in [0.05, 0.1) is 18.5 Å². The van der Waals surface area contributed by atoms with Gasteiger partial charge in [-0.05, 0) is 26.0 Å². The minimum atomic E-state index is -0.645. The summed E-state index contributed by atoms with van der Waals surface area (Å²) < 4.78 is 11.5. The number of pyridine rings is 2. The Morgan fingerprint density at radius 2 is 2.17 bits per heavy atom. The van der Waals surface area contributed by atoms with Crippen molar-refractivity contribution in [1.29, 1.82) is 0 Å². The third-order valence-electron chi connectivity index (χ3n) is 3.38. The van der Waals surface area contributed by atoms with E-state index in [1.165, 1.54) is 12.5 Å². The summed E-state index contributed by atoms with van der Waals surface area (Å²) in [5.74, 6) is -0.645. The van der Waals surface area contributed by atoms with E-state index in [-0.39, 0.29) is 17.6 Å². The molecule has 0 aliphatic heterocycles. The molecular formula is C16H15N3O4. The van der Waals surface area contributed by atoms with Crippen LogP contribution in [0.4, 0.5) is 0 Å². The molecule has 3 heterocycles. The minimum Gasteiger partial charge on any atom is -0.462 e. The summed E-state index contributed by atoms with van der Waals surface area (Å²) in [5, 5.41) is 4.22. The Morgan fingerprint density at radius 3 is 2.87 bits per heavy atom. The van der Waals surface area contributed by atoms with Crippen LogP contribution >= 0.6 is 0 Å². The van der Waals surface area contributed by atoms with Crippen molar-refractivity contribution < 1.29 is 14.1 Å². The summed E-state index contributed by atoms with van der Waals surface area (Å²) in [6.07, 6.45) is 2.93. The Morgan fingerprint density at radius 1 is 1.35 bits per heavy atom. The van der Waals surface area contributed by atoms with Crippen molar-refractivity contribution in [3.8, 4) is 0 Å². The van der Waals surface area contributed by atoms with Crippen LogP contribution in [0.3, 0.4) is 0 Å². The van der Waals surface area contributed by atoms with Crippen molar-refractivity contribution in [2.24, 2.45) is 0 Å². The molecule has 23 heavy (non-hydrogen) atoms. The second kappa shape index (κ2) is 6.04. The zero-order valence-electron chi connectivity index (χ0n) is 12.8. The molecule has 0 aliphatic rings. The Kier molecular flexibility index (Phi) is 3.92. The first-order valence-electron chi connectivity index (χ1n) is 7.17. The smallest absolute Gasteiger partial charge is 0.343 e. The summed E-state index contributed by atoms with van der Waals surface area (Å²) in [6.45, 7) is 4.06. The molecule has 3 aromatic heterocycles. The lowest BCUT2D eigenvalue weighted by molar-refractivity contribution is 0.0524. The van der Waals surface area contributed by atoms with E-state index in [1.54, 1.807) is 29.7 Å². The summed E-state index contributed by atoms with van der Waals surface area (Å²) in [4.78, 5) is 29.0. The summed E-state index contributed by atoms with van der Waals surface area (Å²) >= 11 is 0. The lowest BCUT2D eigenvalue weighted by Crippen LogP contribution is -2.22. The number of hydrogen-bond donors (Lipinski definition) is 0. The van der Waals surface area contributed by atoms with Crippen LogP contribution in [0.1, 0.15) is 28.7 Å². The zero-order valence-corrected chi connectivity index (χ0v) is 12.8. The highest BCUT2D eigenvalue weighted by Gasteiger charge is 2.17. The Balaban J connectivity index is 2.22. The van der Waals surface area contributed by atoms with Gasteiger partial charge < -0.3 is 13.8 Å². The Hall–Kier alpha value is -2.96. The largest absolute Gasteiger partial charge is 0.462 e. The molecule has 3 rings (SSSR count). The molecule has 0 saturated carbocycles. The molecule has 7 nitrogen and oxygen atoms in total. The highest BCUT2D eigenvalue weighted by Crippen LogP contribution is 2.13. The molecule has 0 amide bonds. The van der Waals surface area contributed by atoms with Gasteiger partial charge >= 0.3 is 5.97 Å². The molecule has 0 spiro atoms. The van der Waals surface area contributed by atoms with E-state index in [0.717, 1.165) is 5.69 Å². The van der Waals surface area contributed by atoms with Gasteiger partial charge in [0.15, 0.2) is 0 Å². The molecule has 3 aromatic rings. The number of aryl methyl sites for hydroxylation is 1. The molecule has 0 bridgehead atoms. The van der Waals surface area contributed by atoms with Gasteiger partial charge in [-0.25, -0.2) is 9.78 Å². The molecule has 0 radical (unpaired) electrons. The molecule has 0 saturated heterocycles. The molecule has 7 heteroatoms. The van der Waals surface area contributed by atoms with Gasteiger partial charge in [0, 0.05) is 18.0 Å². The average molecular weight is 313 g/mol. The van der Waals surface area contributed by atoms with E-state index in [9.17, 15) is 9.59 Å². The molecule has 0 unspecified atom stereocenters. The fourth-order valence-electron chi connectivity index (χ4n) is 2.33. The lowest BCUT2D eigenvalue weighted by atomic mass is 10.1. The maximum absolute atomic E-state index is 12.5. The predicted molar refractivity (Wildman–Crippen MR) is 82.3 cm³/mol. The average Bonchev–Trinajstić information content (AvgIpc) is 3.03. The molecule has 0 atom stereocenters. The Bertz CT molecular complexity index is 913. The van der Waals surface area contributed by atoms with Crippen LogP contribution in [0.5, 0.6) is 0 Å². The first kappa shape index (κ1) is 15.0. The quantitative estimate of drug-likeness (QED) is 0.684. The SMILES string of the molecule is CCOC(=O)c1cn(Cc2ccon2)c2nc(C)ccc2c1=O. The third kappa shape index (κ3) is 2.85. The topological polar surface area (TPSA) is 87.2 Å². The maximum Gasteiger partial charge on any atom is 0.343 e. The second-order valence-corrected chi connectivity index (χ2v) is 5.03. The highest BCUT2D eigenvalue weighted by molar-refractivity contribution is 5.93. The van der Waals surface area contributed by atoms with E-state index >= 15 is 0 Å². The van der Waals surface area contributed by atoms with Gasteiger partial charge in [0.1, 0.15) is 23.2 Å². The number of nitrogens with zero attached hydrogens (tertiary/aromatic N) is 3. The highest BCUT2D eigenvalue weighted by atomic mass is 16.5. The van der Waals surface area contributed by atoms with Crippen LogP contribution in [0, 0.1) is 6.92 Å². The van der Waals surface area contributed by atoms with Crippen molar-refractivity contribution in [2.75, 3.05) is 6.61 Å². The molecule has 0 aliphatic carbocycles. The number of carbonyl (C=O) groups is 1. The molecule has 0 N–H and O–H groups in total. The van der Waals surface area contributed by atoms with Crippen molar-refractivity contribution in [2.45, 2.75) is 20.4 Å². The van der Waals surface area contributed by atoms with Gasteiger partial charge in [0.25, 0.3) is 0 Å². The fraction of sp³-hybridized carbons (Fsp3) is 0.250. The van der Waals surface area contributed by atoms with Gasteiger partial charge in [-0.15, -0.1) is 0 Å². The molecule has 0 aromatic carbocycles. The lowest BCUT2D eigenvalue weighted by Gasteiger charge is -2.11. The fourth-order valence-corrected chi connectivity index (χ4v) is 2.33. The van der Waals surface area contributed by atoms with Gasteiger partial charge in [0.2, 0.25) is 5.43 Å². The van der Waals surface area contributed by atoms with Crippen LogP contribution in [-0.4, -0.2) is 27.3 Å². The van der Waals surface area contributed by atoms with Crippen molar-refractivity contribution in [1.82, 2.24) is 14.7 Å². The van der Waals surface area contributed by atoms with E-state index in [4.69, 9.17) is 9.26 Å². The van der Waals surface area contributed by atoms with Crippen LogP contribution in [-0.2, 0) is 11.3 Å². The number of rotatable bonds is 4. The number of hydrogen-bond acceptors (Lipinski definition) is 6. The van der Waals surface area contributed by atoms with Crippen molar-refractivity contribution in [3.63, 3.8) is 0 Å². The standard InChI is InChI=1S/C16H15N3O4/c1-3-22-16(21)13-9-19(8-11-6-7-23-18-11)15-12(14(13)20)5-4-10(2)17-15/h4-7,9H,3,8H2,1-2H3. The van der Waals surface area contributed by atoms with Gasteiger partial charge in [-0.2, -0.15) is 0 Å². The third-order valence-corrected chi connectivity index (χ3v) is 3.38. The van der Waals surface area contributed by atoms with Crippen molar-refractivity contribution in [3.05, 3.63) is 57.8 Å². The molecule has 118 valence electrons. The monoisotopic (exact) mass is 313 g/mol. The summed E-state index contributed by atoms with van der Waals surface area (Å²) in [5.41, 5.74) is 1.52. The first-order valence-corrected chi connectivity index (χ1v) is 7.17. The van der Waals surface area contributed by atoms with Crippen LogP contribution in [0.25, 0.3) is 11.0 Å². The predicted octanol–water partition coefficient (Wildman–Crippen LogP) is 1.92. The van der Waals surface area contributed by atoms with Crippen LogP contribution in [0.15, 0.2) is 40.0 Å². The number of carbonyl (C=O) groups excluding carboxylic acids is 1. The molecular weight excluding hydrogens is 298 g/mol. The summed E-state index contributed by atoms with van der Waals surface area (Å²) in [7, 11) is 0. The summed E-state index contributed by atoms with van der Waals surface area (Å²) in [6, 6.07) is 5.12. The van der Waals surface area contributed by atoms with E-state index < -0.39 is 5.97 Å². The number of aromatic nitrogens is 3. The van der Waals surface area contributed by atoms with E-state index in [2.05, 4.69) is 10.1 Å². The zero-order chi connectivity index (χ0) is 16.4.